The largest absolute Gasteiger partial charge is 0.504 e. The molecule has 2 aromatic rings. The molecule has 0 radical (unpaired) electrons. The Balaban J connectivity index is 2.25. The first kappa shape index (κ1) is 9.80. The van der Waals surface area contributed by atoms with Crippen LogP contribution in [0, 0.1) is 0 Å². The van der Waals surface area contributed by atoms with E-state index in [-0.39, 0.29) is 5.75 Å². The number of aromatic nitrogens is 1. The van der Waals surface area contributed by atoms with Crippen molar-refractivity contribution < 1.29 is 5.11 Å². The van der Waals surface area contributed by atoms with Crippen molar-refractivity contribution in [1.82, 2.24) is 4.98 Å². The monoisotopic (exact) mass is 220 g/mol. The minimum atomic E-state index is 0.0337. The van der Waals surface area contributed by atoms with Gasteiger partial charge in [-0.3, -0.25) is 0 Å². The number of hydrogen-bond donors (Lipinski definition) is 2. The number of aromatic hydroxyl groups is 1. The SMILES string of the molecule is Oc1cc(Cl)cnc1Nc1ccccc1. The van der Waals surface area contributed by atoms with E-state index in [0.29, 0.717) is 10.8 Å². The first-order chi connectivity index (χ1) is 7.25. The van der Waals surface area contributed by atoms with Crippen LogP contribution in [0.4, 0.5) is 11.5 Å². The summed E-state index contributed by atoms with van der Waals surface area (Å²) in [5.74, 6) is 0.428. The number of hydrogen-bond acceptors (Lipinski definition) is 3. The van der Waals surface area contributed by atoms with E-state index in [1.54, 1.807) is 0 Å². The van der Waals surface area contributed by atoms with Gasteiger partial charge in [-0.2, -0.15) is 0 Å². The molecule has 4 heteroatoms. The molecule has 0 saturated heterocycles. The van der Waals surface area contributed by atoms with Crippen LogP contribution in [0.1, 0.15) is 0 Å². The van der Waals surface area contributed by atoms with Crippen LogP contribution in [0.2, 0.25) is 5.02 Å². The van der Waals surface area contributed by atoms with Gasteiger partial charge in [-0.25, -0.2) is 4.98 Å². The predicted molar refractivity (Wildman–Crippen MR) is 60.6 cm³/mol. The third kappa shape index (κ3) is 2.39. The second-order valence-electron chi connectivity index (χ2n) is 3.01. The molecule has 0 saturated carbocycles. The van der Waals surface area contributed by atoms with E-state index in [4.69, 9.17) is 11.6 Å². The second-order valence-corrected chi connectivity index (χ2v) is 3.45. The molecule has 0 aliphatic rings. The third-order valence-electron chi connectivity index (χ3n) is 1.87. The summed E-state index contributed by atoms with van der Waals surface area (Å²) in [5.41, 5.74) is 0.864. The van der Waals surface area contributed by atoms with Crippen LogP contribution in [0.3, 0.4) is 0 Å². The molecule has 0 aliphatic heterocycles. The van der Waals surface area contributed by atoms with E-state index < -0.39 is 0 Å². The van der Waals surface area contributed by atoms with Gasteiger partial charge in [-0.1, -0.05) is 29.8 Å². The van der Waals surface area contributed by atoms with Crippen molar-refractivity contribution in [2.24, 2.45) is 0 Å². The maximum absolute atomic E-state index is 9.54. The highest BCUT2D eigenvalue weighted by Gasteiger charge is 2.02. The number of nitrogens with zero attached hydrogens (tertiary/aromatic N) is 1. The molecule has 3 nitrogen and oxygen atoms in total. The van der Waals surface area contributed by atoms with Gasteiger partial charge in [-0.05, 0) is 12.1 Å². The number of rotatable bonds is 2. The van der Waals surface area contributed by atoms with Gasteiger partial charge in [0, 0.05) is 18.0 Å². The summed E-state index contributed by atoms with van der Waals surface area (Å²) in [6.07, 6.45) is 1.48. The molecule has 1 aromatic carbocycles. The maximum Gasteiger partial charge on any atom is 0.173 e. The fourth-order valence-electron chi connectivity index (χ4n) is 1.18. The van der Waals surface area contributed by atoms with E-state index in [1.807, 2.05) is 30.3 Å². The smallest absolute Gasteiger partial charge is 0.173 e. The molecule has 0 atom stereocenters. The number of nitrogens with one attached hydrogen (secondary N) is 1. The normalized spacial score (nSPS) is 9.93. The van der Waals surface area contributed by atoms with E-state index in [0.717, 1.165) is 5.69 Å². The average molecular weight is 221 g/mol. The molecule has 2 rings (SSSR count). The van der Waals surface area contributed by atoms with Gasteiger partial charge in [0.15, 0.2) is 11.6 Å². The van der Waals surface area contributed by atoms with Gasteiger partial charge < -0.3 is 10.4 Å². The zero-order chi connectivity index (χ0) is 10.7. The highest BCUT2D eigenvalue weighted by molar-refractivity contribution is 6.30. The summed E-state index contributed by atoms with van der Waals surface area (Å²) >= 11 is 5.67. The van der Waals surface area contributed by atoms with Crippen LogP contribution < -0.4 is 5.32 Å². The molecule has 15 heavy (non-hydrogen) atoms. The van der Waals surface area contributed by atoms with Gasteiger partial charge in [0.05, 0.1) is 5.02 Å². The Bertz CT molecular complexity index is 459. The first-order valence-electron chi connectivity index (χ1n) is 4.42. The van der Waals surface area contributed by atoms with Gasteiger partial charge in [0.2, 0.25) is 0 Å². The molecule has 76 valence electrons. The molecular formula is C11H9ClN2O. The van der Waals surface area contributed by atoms with Crippen LogP contribution in [0.15, 0.2) is 42.6 Å². The highest BCUT2D eigenvalue weighted by Crippen LogP contribution is 2.26. The van der Waals surface area contributed by atoms with Crippen LogP contribution in [-0.4, -0.2) is 10.1 Å². The lowest BCUT2D eigenvalue weighted by Crippen LogP contribution is -1.93. The Labute approximate surface area is 92.4 Å². The molecule has 2 N–H and O–H groups in total. The molecule has 0 bridgehead atoms. The van der Waals surface area contributed by atoms with Crippen LogP contribution in [0.5, 0.6) is 5.75 Å². The highest BCUT2D eigenvalue weighted by atomic mass is 35.5. The molecule has 0 unspecified atom stereocenters. The van der Waals surface area contributed by atoms with Crippen molar-refractivity contribution in [2.45, 2.75) is 0 Å². The molecule has 0 aliphatic carbocycles. The molecule has 0 spiro atoms. The van der Waals surface area contributed by atoms with Crippen molar-refractivity contribution in [1.29, 1.82) is 0 Å². The number of halogens is 1. The minimum absolute atomic E-state index is 0.0337. The number of benzene rings is 1. The van der Waals surface area contributed by atoms with Gasteiger partial charge >= 0.3 is 0 Å². The van der Waals surface area contributed by atoms with Crippen LogP contribution in [0.25, 0.3) is 0 Å². The zero-order valence-electron chi connectivity index (χ0n) is 7.81. The summed E-state index contributed by atoms with van der Waals surface area (Å²) in [6, 6.07) is 10.9. The summed E-state index contributed by atoms with van der Waals surface area (Å²) in [4.78, 5) is 3.98. The zero-order valence-corrected chi connectivity index (χ0v) is 8.57. The molecule has 1 aromatic heterocycles. The van der Waals surface area contributed by atoms with Crippen molar-refractivity contribution in [3.05, 3.63) is 47.6 Å². The van der Waals surface area contributed by atoms with Gasteiger partial charge in [0.1, 0.15) is 0 Å². The molecule has 0 fully saturated rings. The topological polar surface area (TPSA) is 45.2 Å². The number of pyridine rings is 1. The maximum atomic E-state index is 9.54. The Morgan fingerprint density at radius 3 is 2.60 bits per heavy atom. The van der Waals surface area contributed by atoms with Crippen molar-refractivity contribution in [3.8, 4) is 5.75 Å². The third-order valence-corrected chi connectivity index (χ3v) is 2.08. The molecule has 1 heterocycles. The lowest BCUT2D eigenvalue weighted by molar-refractivity contribution is 0.475. The standard InChI is InChI=1S/C11H9ClN2O/c12-8-6-10(15)11(13-7-8)14-9-4-2-1-3-5-9/h1-7,15H,(H,13,14). The lowest BCUT2D eigenvalue weighted by atomic mass is 10.3. The second kappa shape index (κ2) is 4.19. The fraction of sp³-hybridized carbons (Fsp3) is 0. The van der Waals surface area contributed by atoms with Crippen LogP contribution in [-0.2, 0) is 0 Å². The average Bonchev–Trinajstić information content (AvgIpc) is 2.24. The number of para-hydroxylation sites is 1. The van der Waals surface area contributed by atoms with Crippen molar-refractivity contribution >= 4 is 23.1 Å². The van der Waals surface area contributed by atoms with E-state index in [9.17, 15) is 5.11 Å². The Morgan fingerprint density at radius 2 is 1.93 bits per heavy atom. The first-order valence-corrected chi connectivity index (χ1v) is 4.80. The van der Waals surface area contributed by atoms with E-state index in [1.165, 1.54) is 12.3 Å². The van der Waals surface area contributed by atoms with E-state index >= 15 is 0 Å². The Kier molecular flexibility index (Phi) is 2.74. The molecule has 0 amide bonds. The number of anilines is 2. The fourth-order valence-corrected chi connectivity index (χ4v) is 1.34. The summed E-state index contributed by atoms with van der Waals surface area (Å²) in [6.45, 7) is 0. The van der Waals surface area contributed by atoms with Gasteiger partial charge in [-0.15, -0.1) is 0 Å². The van der Waals surface area contributed by atoms with Crippen molar-refractivity contribution in [3.63, 3.8) is 0 Å². The molecular weight excluding hydrogens is 212 g/mol. The summed E-state index contributed by atoms with van der Waals surface area (Å²) in [5, 5.41) is 12.9. The lowest BCUT2D eigenvalue weighted by Gasteiger charge is -2.06. The Hall–Kier alpha value is -1.74. The van der Waals surface area contributed by atoms with Crippen LogP contribution >= 0.6 is 11.6 Å². The Morgan fingerprint density at radius 1 is 1.20 bits per heavy atom. The predicted octanol–water partition coefficient (Wildman–Crippen LogP) is 3.18. The van der Waals surface area contributed by atoms with Gasteiger partial charge in [0.25, 0.3) is 0 Å². The van der Waals surface area contributed by atoms with E-state index in [2.05, 4.69) is 10.3 Å². The quantitative estimate of drug-likeness (QED) is 0.817. The summed E-state index contributed by atoms with van der Waals surface area (Å²) in [7, 11) is 0. The minimum Gasteiger partial charge on any atom is -0.504 e. The van der Waals surface area contributed by atoms with Crippen molar-refractivity contribution in [2.75, 3.05) is 5.32 Å². The summed E-state index contributed by atoms with van der Waals surface area (Å²) < 4.78 is 0.